The molecule has 0 saturated carbocycles. The van der Waals surface area contributed by atoms with Crippen LogP contribution in [0, 0.1) is 5.41 Å². The minimum atomic E-state index is -0.672. The molecule has 0 aliphatic carbocycles. The maximum absolute atomic E-state index is 13.0. The Balaban J connectivity index is 3.15. The molecule has 1 heterocycles. The third kappa shape index (κ3) is 7.03. The number of carbonyl (C=O) groups excluding carboxylic acids is 2. The summed E-state index contributed by atoms with van der Waals surface area (Å²) < 4.78 is 1.31. The molecule has 1 aromatic heterocycles. The van der Waals surface area contributed by atoms with Crippen LogP contribution in [0.3, 0.4) is 0 Å². The Kier molecular flexibility index (Phi) is 9.81. The molecule has 9 heteroatoms. The summed E-state index contributed by atoms with van der Waals surface area (Å²) in [5, 5.41) is 2.75. The van der Waals surface area contributed by atoms with E-state index in [1.807, 2.05) is 13.8 Å². The van der Waals surface area contributed by atoms with Crippen molar-refractivity contribution in [3.05, 3.63) is 20.8 Å². The molecule has 2 amide bonds. The average Bonchev–Trinajstić information content (AvgIpc) is 2.65. The molecule has 0 spiro atoms. The number of H-pyrrole nitrogens is 1. The van der Waals surface area contributed by atoms with E-state index in [1.165, 1.54) is 9.47 Å². The fraction of sp³-hybridized carbons (Fsp3) is 0.714. The molecule has 0 aliphatic heterocycles. The van der Waals surface area contributed by atoms with Gasteiger partial charge in [0.2, 0.25) is 11.8 Å². The Morgan fingerprint density at radius 3 is 2.30 bits per heavy atom. The first-order chi connectivity index (χ1) is 14.0. The van der Waals surface area contributed by atoms with Gasteiger partial charge >= 0.3 is 5.69 Å². The molecule has 1 rings (SSSR count). The highest BCUT2D eigenvalue weighted by molar-refractivity contribution is 5.96. The highest BCUT2D eigenvalue weighted by atomic mass is 16.2. The van der Waals surface area contributed by atoms with Crippen LogP contribution in [0.5, 0.6) is 0 Å². The number of amides is 2. The van der Waals surface area contributed by atoms with Gasteiger partial charge in [0.1, 0.15) is 5.82 Å². The number of nitrogens with one attached hydrogen (secondary N) is 2. The van der Waals surface area contributed by atoms with Crippen molar-refractivity contribution in [2.24, 2.45) is 5.41 Å². The zero-order valence-electron chi connectivity index (χ0n) is 19.0. The van der Waals surface area contributed by atoms with E-state index in [-0.39, 0.29) is 36.3 Å². The van der Waals surface area contributed by atoms with E-state index in [4.69, 9.17) is 5.73 Å². The monoisotopic (exact) mass is 423 g/mol. The Labute approximate surface area is 178 Å². The summed E-state index contributed by atoms with van der Waals surface area (Å²) in [5.74, 6) is -0.475. The molecule has 9 nitrogen and oxygen atoms in total. The number of nitrogens with zero attached hydrogens (tertiary/aromatic N) is 2. The number of hydrogen-bond acceptors (Lipinski definition) is 5. The Morgan fingerprint density at radius 2 is 1.73 bits per heavy atom. The van der Waals surface area contributed by atoms with E-state index in [0.29, 0.717) is 19.5 Å². The molecule has 0 unspecified atom stereocenters. The minimum absolute atomic E-state index is 0.000718. The normalized spacial score (nSPS) is 11.4. The number of nitrogens with two attached hydrogens (primary N) is 1. The summed E-state index contributed by atoms with van der Waals surface area (Å²) >= 11 is 0. The zero-order valence-corrected chi connectivity index (χ0v) is 19.0. The van der Waals surface area contributed by atoms with Crippen molar-refractivity contribution in [1.29, 1.82) is 0 Å². The summed E-state index contributed by atoms with van der Waals surface area (Å²) in [6.45, 7) is 10.2. The fourth-order valence-electron chi connectivity index (χ4n) is 2.94. The van der Waals surface area contributed by atoms with Crippen molar-refractivity contribution in [1.82, 2.24) is 14.9 Å². The lowest BCUT2D eigenvalue weighted by atomic mass is 9.96. The average molecular weight is 424 g/mol. The number of unbranched alkanes of at least 4 members (excludes halogenated alkanes) is 3. The van der Waals surface area contributed by atoms with Crippen molar-refractivity contribution in [3.8, 4) is 0 Å². The number of aromatic nitrogens is 2. The van der Waals surface area contributed by atoms with Crippen LogP contribution in [0.15, 0.2) is 9.59 Å². The van der Waals surface area contributed by atoms with Crippen molar-refractivity contribution in [2.75, 3.05) is 23.7 Å². The van der Waals surface area contributed by atoms with Gasteiger partial charge in [-0.05, 0) is 12.8 Å². The third-order valence-corrected chi connectivity index (χ3v) is 4.81. The topological polar surface area (TPSA) is 130 Å². The molecule has 0 aromatic carbocycles. The smallest absolute Gasteiger partial charge is 0.330 e. The molecule has 4 N–H and O–H groups in total. The lowest BCUT2D eigenvalue weighted by molar-refractivity contribution is -0.128. The second-order valence-corrected chi connectivity index (χ2v) is 8.51. The van der Waals surface area contributed by atoms with Crippen molar-refractivity contribution in [3.63, 3.8) is 0 Å². The standard InChI is InChI=1S/C21H37N5O4/c1-6-8-10-14-25(15(27)11-12-23-19(29)21(3,4)5)16-17(22)26(13-9-7-2)20(30)24-18(16)28/h6-14,22H2,1-5H3,(H,23,29)(H,24,28,30). The van der Waals surface area contributed by atoms with Crippen LogP contribution < -0.4 is 27.2 Å². The molecular weight excluding hydrogens is 386 g/mol. The summed E-state index contributed by atoms with van der Waals surface area (Å²) in [4.78, 5) is 53.4. The molecule has 0 radical (unpaired) electrons. The first kappa shape index (κ1) is 25.5. The molecule has 0 aliphatic rings. The minimum Gasteiger partial charge on any atom is -0.383 e. The Morgan fingerprint density at radius 1 is 1.10 bits per heavy atom. The SMILES string of the molecule is CCCCCN(C(=O)CCNC(=O)C(C)(C)C)c1c(N)n(CCCC)c(=O)[nH]c1=O. The highest BCUT2D eigenvalue weighted by Gasteiger charge is 2.25. The van der Waals surface area contributed by atoms with Crippen LogP contribution in [0.4, 0.5) is 11.5 Å². The van der Waals surface area contributed by atoms with Gasteiger partial charge in [-0.25, -0.2) is 4.79 Å². The van der Waals surface area contributed by atoms with Crippen molar-refractivity contribution in [2.45, 2.75) is 79.7 Å². The number of anilines is 2. The van der Waals surface area contributed by atoms with Gasteiger partial charge in [0.25, 0.3) is 5.56 Å². The first-order valence-corrected chi connectivity index (χ1v) is 10.8. The van der Waals surface area contributed by atoms with Crippen LogP contribution >= 0.6 is 0 Å². The number of hydrogen-bond donors (Lipinski definition) is 3. The van der Waals surface area contributed by atoms with Crippen LogP contribution in [0.2, 0.25) is 0 Å². The molecular formula is C21H37N5O4. The van der Waals surface area contributed by atoms with Crippen LogP contribution in [-0.2, 0) is 16.1 Å². The van der Waals surface area contributed by atoms with E-state index >= 15 is 0 Å². The lowest BCUT2D eigenvalue weighted by Gasteiger charge is -2.25. The van der Waals surface area contributed by atoms with E-state index in [9.17, 15) is 19.2 Å². The molecule has 0 saturated heterocycles. The van der Waals surface area contributed by atoms with Crippen molar-refractivity contribution < 1.29 is 9.59 Å². The highest BCUT2D eigenvalue weighted by Crippen LogP contribution is 2.19. The van der Waals surface area contributed by atoms with Crippen LogP contribution in [0.25, 0.3) is 0 Å². The Bertz CT molecular complexity index is 835. The summed E-state index contributed by atoms with van der Waals surface area (Å²) in [6, 6.07) is 0. The van der Waals surface area contributed by atoms with Crippen LogP contribution in [0.1, 0.15) is 73.1 Å². The number of rotatable bonds is 11. The molecule has 0 bridgehead atoms. The van der Waals surface area contributed by atoms with Crippen molar-refractivity contribution >= 4 is 23.3 Å². The summed E-state index contributed by atoms with van der Waals surface area (Å²) in [6.07, 6.45) is 4.14. The van der Waals surface area contributed by atoms with Gasteiger partial charge in [0.15, 0.2) is 5.69 Å². The molecule has 1 aromatic rings. The van der Waals surface area contributed by atoms with E-state index in [2.05, 4.69) is 10.3 Å². The summed E-state index contributed by atoms with van der Waals surface area (Å²) in [7, 11) is 0. The van der Waals surface area contributed by atoms with Crippen LogP contribution in [-0.4, -0.2) is 34.5 Å². The molecule has 170 valence electrons. The predicted molar refractivity (Wildman–Crippen MR) is 120 cm³/mol. The van der Waals surface area contributed by atoms with Gasteiger partial charge in [-0.3, -0.25) is 23.9 Å². The fourth-order valence-corrected chi connectivity index (χ4v) is 2.94. The van der Waals surface area contributed by atoms with Gasteiger partial charge in [0.05, 0.1) is 0 Å². The Hall–Kier alpha value is -2.58. The van der Waals surface area contributed by atoms with Gasteiger partial charge in [-0.15, -0.1) is 0 Å². The van der Waals surface area contributed by atoms with E-state index in [0.717, 1.165) is 25.7 Å². The van der Waals surface area contributed by atoms with E-state index < -0.39 is 16.7 Å². The largest absolute Gasteiger partial charge is 0.383 e. The zero-order chi connectivity index (χ0) is 22.9. The van der Waals surface area contributed by atoms with Gasteiger partial charge in [0, 0.05) is 31.5 Å². The second kappa shape index (κ2) is 11.6. The lowest BCUT2D eigenvalue weighted by Crippen LogP contribution is -2.43. The van der Waals surface area contributed by atoms with Gasteiger partial charge < -0.3 is 16.0 Å². The molecule has 0 atom stereocenters. The quantitative estimate of drug-likeness (QED) is 0.469. The third-order valence-electron chi connectivity index (χ3n) is 4.81. The predicted octanol–water partition coefficient (Wildman–Crippen LogP) is 1.99. The van der Waals surface area contributed by atoms with E-state index in [1.54, 1.807) is 20.8 Å². The van der Waals surface area contributed by atoms with Gasteiger partial charge in [-0.1, -0.05) is 53.9 Å². The molecule has 0 fully saturated rings. The van der Waals surface area contributed by atoms with Gasteiger partial charge in [-0.2, -0.15) is 0 Å². The maximum atomic E-state index is 13.0. The summed E-state index contributed by atoms with van der Waals surface area (Å²) in [5.41, 5.74) is 4.39. The molecule has 30 heavy (non-hydrogen) atoms. The number of carbonyl (C=O) groups is 2. The number of nitrogen functional groups attached to an aromatic ring is 1. The number of aromatic amines is 1. The first-order valence-electron chi connectivity index (χ1n) is 10.8. The second-order valence-electron chi connectivity index (χ2n) is 8.51. The maximum Gasteiger partial charge on any atom is 0.330 e.